The van der Waals surface area contributed by atoms with Gasteiger partial charge in [-0.1, -0.05) is 39.0 Å². The number of hydrogen-bond acceptors (Lipinski definition) is 5. The molecule has 0 spiro atoms. The lowest BCUT2D eigenvalue weighted by atomic mass is 9.86. The Kier molecular flexibility index (Phi) is 7.22. The minimum absolute atomic E-state index is 0.0540. The van der Waals surface area contributed by atoms with Crippen molar-refractivity contribution < 1.29 is 14.3 Å². The predicted octanol–water partition coefficient (Wildman–Crippen LogP) is 3.61. The van der Waals surface area contributed by atoms with Crippen LogP contribution in [0.15, 0.2) is 36.0 Å². The SMILES string of the molecule is CCOC(=O)C1CCN(C(=O)/C(C#N)=C\Nc2ccccc2C(C)(C)C)CC1. The average molecular weight is 383 g/mol. The van der Waals surface area contributed by atoms with Crippen molar-refractivity contribution >= 4 is 17.6 Å². The molecule has 0 aliphatic carbocycles. The van der Waals surface area contributed by atoms with Crippen LogP contribution in [-0.2, 0) is 19.7 Å². The van der Waals surface area contributed by atoms with Crippen LogP contribution in [0.3, 0.4) is 0 Å². The zero-order chi connectivity index (χ0) is 20.7. The molecule has 6 heteroatoms. The van der Waals surface area contributed by atoms with Gasteiger partial charge in [0.1, 0.15) is 11.6 Å². The van der Waals surface area contributed by atoms with Gasteiger partial charge >= 0.3 is 5.97 Å². The van der Waals surface area contributed by atoms with Gasteiger partial charge in [-0.05, 0) is 36.8 Å². The Morgan fingerprint density at radius 2 is 1.93 bits per heavy atom. The Morgan fingerprint density at radius 1 is 1.29 bits per heavy atom. The van der Waals surface area contributed by atoms with Crippen molar-refractivity contribution in [1.82, 2.24) is 4.90 Å². The van der Waals surface area contributed by atoms with Gasteiger partial charge in [0.15, 0.2) is 0 Å². The average Bonchev–Trinajstić information content (AvgIpc) is 2.68. The maximum atomic E-state index is 12.7. The predicted molar refractivity (Wildman–Crippen MR) is 108 cm³/mol. The molecular formula is C22H29N3O3. The van der Waals surface area contributed by atoms with Gasteiger partial charge in [0.2, 0.25) is 0 Å². The number of benzene rings is 1. The second-order valence-electron chi connectivity index (χ2n) is 7.93. The van der Waals surface area contributed by atoms with Gasteiger partial charge in [-0.15, -0.1) is 0 Å². The number of ether oxygens (including phenoxy) is 1. The van der Waals surface area contributed by atoms with Crippen molar-refractivity contribution in [1.29, 1.82) is 5.26 Å². The number of esters is 1. The Labute approximate surface area is 167 Å². The Bertz CT molecular complexity index is 779. The molecule has 1 saturated heterocycles. The van der Waals surface area contributed by atoms with Crippen LogP contribution in [0.2, 0.25) is 0 Å². The number of rotatable bonds is 5. The molecule has 0 saturated carbocycles. The molecule has 1 fully saturated rings. The van der Waals surface area contributed by atoms with E-state index in [1.54, 1.807) is 11.8 Å². The number of nitrogens with one attached hydrogen (secondary N) is 1. The summed E-state index contributed by atoms with van der Waals surface area (Å²) in [5, 5.41) is 12.6. The minimum Gasteiger partial charge on any atom is -0.466 e. The maximum absolute atomic E-state index is 12.7. The Hall–Kier alpha value is -2.81. The maximum Gasteiger partial charge on any atom is 0.309 e. The number of carbonyl (C=O) groups excluding carboxylic acids is 2. The summed E-state index contributed by atoms with van der Waals surface area (Å²) in [6, 6.07) is 9.85. The molecule has 1 aromatic carbocycles. The van der Waals surface area contributed by atoms with Crippen molar-refractivity contribution in [3.63, 3.8) is 0 Å². The summed E-state index contributed by atoms with van der Waals surface area (Å²) in [6.07, 6.45) is 2.59. The quantitative estimate of drug-likeness (QED) is 0.477. The third kappa shape index (κ3) is 5.35. The molecule has 1 amide bonds. The summed E-state index contributed by atoms with van der Waals surface area (Å²) >= 11 is 0. The van der Waals surface area contributed by atoms with Gasteiger partial charge in [0.25, 0.3) is 5.91 Å². The summed E-state index contributed by atoms with van der Waals surface area (Å²) in [5.41, 5.74) is 1.96. The standard InChI is InChI=1S/C22H29N3O3/c1-5-28-21(27)16-10-12-25(13-11-16)20(26)17(14-23)15-24-19-9-7-6-8-18(19)22(2,3)4/h6-9,15-16,24H,5,10-13H2,1-4H3/b17-15-. The molecule has 1 heterocycles. The number of nitrogens with zero attached hydrogens (tertiary/aromatic N) is 2. The lowest BCUT2D eigenvalue weighted by Gasteiger charge is -2.30. The zero-order valence-electron chi connectivity index (χ0n) is 17.1. The highest BCUT2D eigenvalue weighted by Crippen LogP contribution is 2.29. The van der Waals surface area contributed by atoms with E-state index in [0.29, 0.717) is 32.5 Å². The first-order valence-corrected chi connectivity index (χ1v) is 9.70. The summed E-state index contributed by atoms with van der Waals surface area (Å²) in [7, 11) is 0. The van der Waals surface area contributed by atoms with E-state index in [-0.39, 0.29) is 28.8 Å². The van der Waals surface area contributed by atoms with Gasteiger partial charge in [-0.2, -0.15) is 5.26 Å². The zero-order valence-corrected chi connectivity index (χ0v) is 17.1. The molecule has 0 atom stereocenters. The fraction of sp³-hybridized carbons (Fsp3) is 0.500. The molecule has 2 rings (SSSR count). The smallest absolute Gasteiger partial charge is 0.309 e. The fourth-order valence-electron chi connectivity index (χ4n) is 3.30. The fourth-order valence-corrected chi connectivity index (χ4v) is 3.30. The van der Waals surface area contributed by atoms with Crippen molar-refractivity contribution in [3.05, 3.63) is 41.6 Å². The third-order valence-electron chi connectivity index (χ3n) is 4.86. The van der Waals surface area contributed by atoms with E-state index >= 15 is 0 Å². The van der Waals surface area contributed by atoms with Crippen LogP contribution in [-0.4, -0.2) is 36.5 Å². The van der Waals surface area contributed by atoms with Gasteiger partial charge in [-0.3, -0.25) is 9.59 Å². The van der Waals surface area contributed by atoms with E-state index in [1.807, 2.05) is 30.3 Å². The van der Waals surface area contributed by atoms with Gasteiger partial charge in [-0.25, -0.2) is 0 Å². The minimum atomic E-state index is -0.314. The van der Waals surface area contributed by atoms with Crippen LogP contribution in [0.5, 0.6) is 0 Å². The number of hydrogen-bond donors (Lipinski definition) is 1. The first kappa shape index (κ1) is 21.5. The Morgan fingerprint density at radius 3 is 2.50 bits per heavy atom. The van der Waals surface area contributed by atoms with Crippen LogP contribution in [0, 0.1) is 17.2 Å². The van der Waals surface area contributed by atoms with Crippen molar-refractivity contribution in [2.24, 2.45) is 5.92 Å². The number of carbonyl (C=O) groups is 2. The number of anilines is 1. The highest BCUT2D eigenvalue weighted by Gasteiger charge is 2.29. The van der Waals surface area contributed by atoms with Gasteiger partial charge in [0.05, 0.1) is 12.5 Å². The highest BCUT2D eigenvalue weighted by molar-refractivity contribution is 5.97. The molecular weight excluding hydrogens is 354 g/mol. The van der Waals surface area contributed by atoms with E-state index in [4.69, 9.17) is 4.74 Å². The van der Waals surface area contributed by atoms with E-state index in [9.17, 15) is 14.9 Å². The molecule has 150 valence electrons. The summed E-state index contributed by atoms with van der Waals surface area (Å²) in [6.45, 7) is 9.37. The van der Waals surface area contributed by atoms with E-state index in [2.05, 4.69) is 26.1 Å². The third-order valence-corrected chi connectivity index (χ3v) is 4.86. The highest BCUT2D eigenvalue weighted by atomic mass is 16.5. The van der Waals surface area contributed by atoms with Crippen LogP contribution in [0.1, 0.15) is 46.1 Å². The van der Waals surface area contributed by atoms with E-state index < -0.39 is 0 Å². The monoisotopic (exact) mass is 383 g/mol. The summed E-state index contributed by atoms with van der Waals surface area (Å²) in [4.78, 5) is 26.2. The number of amides is 1. The molecule has 1 aromatic rings. The lowest BCUT2D eigenvalue weighted by Crippen LogP contribution is -2.41. The van der Waals surface area contributed by atoms with Gasteiger partial charge < -0.3 is 15.0 Å². The van der Waals surface area contributed by atoms with Crippen LogP contribution in [0.4, 0.5) is 5.69 Å². The van der Waals surface area contributed by atoms with Crippen LogP contribution in [0.25, 0.3) is 0 Å². The molecule has 0 aromatic heterocycles. The molecule has 1 N–H and O–H groups in total. The summed E-state index contributed by atoms with van der Waals surface area (Å²) in [5.74, 6) is -0.688. The van der Waals surface area contributed by atoms with Gasteiger partial charge in [0, 0.05) is 25.0 Å². The molecule has 28 heavy (non-hydrogen) atoms. The van der Waals surface area contributed by atoms with Crippen molar-refractivity contribution in [2.75, 3.05) is 25.0 Å². The topological polar surface area (TPSA) is 82.4 Å². The largest absolute Gasteiger partial charge is 0.466 e. The number of nitriles is 1. The molecule has 0 unspecified atom stereocenters. The lowest BCUT2D eigenvalue weighted by molar-refractivity contribution is -0.150. The number of piperidine rings is 1. The first-order chi connectivity index (χ1) is 13.3. The molecule has 0 radical (unpaired) electrons. The molecule has 0 bridgehead atoms. The second kappa shape index (κ2) is 9.41. The second-order valence-corrected chi connectivity index (χ2v) is 7.93. The first-order valence-electron chi connectivity index (χ1n) is 9.70. The van der Waals surface area contributed by atoms with Crippen molar-refractivity contribution in [2.45, 2.75) is 46.0 Å². The normalized spacial score (nSPS) is 15.7. The number of likely N-dealkylation sites (tertiary alicyclic amines) is 1. The summed E-state index contributed by atoms with van der Waals surface area (Å²) < 4.78 is 5.06. The number of para-hydroxylation sites is 1. The Balaban J connectivity index is 2.05. The van der Waals surface area contributed by atoms with Crippen molar-refractivity contribution in [3.8, 4) is 6.07 Å². The van der Waals surface area contributed by atoms with E-state index in [0.717, 1.165) is 11.3 Å². The van der Waals surface area contributed by atoms with Crippen LogP contribution < -0.4 is 5.32 Å². The molecule has 6 nitrogen and oxygen atoms in total. The molecule has 1 aliphatic heterocycles. The van der Waals surface area contributed by atoms with Crippen LogP contribution >= 0.6 is 0 Å². The van der Waals surface area contributed by atoms with E-state index in [1.165, 1.54) is 6.20 Å². The molecule has 1 aliphatic rings.